The fourth-order valence-corrected chi connectivity index (χ4v) is 1.51. The van der Waals surface area contributed by atoms with E-state index >= 15 is 0 Å². The molecule has 8 heteroatoms. The molecule has 0 bridgehead atoms. The maximum absolute atomic E-state index is 12.1. The molecule has 1 heterocycles. The first-order valence-corrected chi connectivity index (χ1v) is 5.93. The molecule has 0 aliphatic heterocycles. The van der Waals surface area contributed by atoms with E-state index in [1.807, 2.05) is 5.32 Å². The Labute approximate surface area is 118 Å². The maximum Gasteiger partial charge on any atom is 0.405 e. The lowest BCUT2D eigenvalue weighted by atomic mass is 10.2. The monoisotopic (exact) mass is 296 g/mol. The molecule has 5 nitrogen and oxygen atoms in total. The summed E-state index contributed by atoms with van der Waals surface area (Å²) in [6.45, 7) is -1.37. The minimum Gasteiger partial charge on any atom is -0.343 e. The summed E-state index contributed by atoms with van der Waals surface area (Å²) in [6.07, 6.45) is -1.37. The van der Waals surface area contributed by atoms with Crippen LogP contribution in [0, 0.1) is 0 Å². The number of nitrogens with one attached hydrogen (secondary N) is 2. The number of benzene rings is 1. The lowest BCUT2D eigenvalue weighted by molar-refractivity contribution is -0.123. The molecular weight excluding hydrogens is 285 g/mol. The van der Waals surface area contributed by atoms with Crippen LogP contribution in [0.4, 0.5) is 24.8 Å². The highest BCUT2D eigenvalue weighted by molar-refractivity contribution is 5.95. The van der Waals surface area contributed by atoms with E-state index in [0.717, 1.165) is 0 Å². The summed E-state index contributed by atoms with van der Waals surface area (Å²) in [7, 11) is 0. The van der Waals surface area contributed by atoms with Gasteiger partial charge in [-0.25, -0.2) is 9.97 Å². The maximum atomic E-state index is 12.1. The van der Waals surface area contributed by atoms with E-state index in [1.54, 1.807) is 18.2 Å². The summed E-state index contributed by atoms with van der Waals surface area (Å²) < 4.78 is 36.2. The predicted molar refractivity (Wildman–Crippen MR) is 70.1 cm³/mol. The van der Waals surface area contributed by atoms with Gasteiger partial charge in [-0.3, -0.25) is 4.79 Å². The Morgan fingerprint density at radius 1 is 1.14 bits per heavy atom. The van der Waals surface area contributed by atoms with Crippen LogP contribution in [-0.4, -0.2) is 28.6 Å². The van der Waals surface area contributed by atoms with Gasteiger partial charge in [0.15, 0.2) is 0 Å². The van der Waals surface area contributed by atoms with Crippen LogP contribution in [0.25, 0.3) is 0 Å². The molecule has 0 fully saturated rings. The zero-order valence-electron chi connectivity index (χ0n) is 10.7. The average molecular weight is 296 g/mol. The number of carbonyl (C=O) groups is 1. The normalized spacial score (nSPS) is 11.0. The van der Waals surface area contributed by atoms with Crippen molar-refractivity contribution in [2.24, 2.45) is 0 Å². The Bertz CT molecular complexity index is 616. The third kappa shape index (κ3) is 4.75. The van der Waals surface area contributed by atoms with Gasteiger partial charge < -0.3 is 10.6 Å². The number of alkyl halides is 3. The molecule has 1 aromatic carbocycles. The molecular formula is C13H11F3N4O. The third-order valence-electron chi connectivity index (χ3n) is 2.40. The number of amides is 1. The molecule has 0 spiro atoms. The molecule has 1 aromatic heterocycles. The molecule has 0 atom stereocenters. The van der Waals surface area contributed by atoms with E-state index in [2.05, 4.69) is 15.3 Å². The van der Waals surface area contributed by atoms with E-state index < -0.39 is 18.6 Å². The zero-order valence-corrected chi connectivity index (χ0v) is 10.7. The second-order valence-electron chi connectivity index (χ2n) is 4.08. The highest BCUT2D eigenvalue weighted by Crippen LogP contribution is 2.16. The van der Waals surface area contributed by atoms with Crippen molar-refractivity contribution in [1.29, 1.82) is 0 Å². The number of hydrogen-bond donors (Lipinski definition) is 2. The third-order valence-corrected chi connectivity index (χ3v) is 2.40. The number of halogens is 3. The van der Waals surface area contributed by atoms with Crippen molar-refractivity contribution in [3.63, 3.8) is 0 Å². The number of rotatable bonds is 4. The van der Waals surface area contributed by atoms with Gasteiger partial charge in [-0.2, -0.15) is 13.2 Å². The summed E-state index contributed by atoms with van der Waals surface area (Å²) in [5.74, 6) is -0.477. The van der Waals surface area contributed by atoms with Crippen molar-refractivity contribution in [2.45, 2.75) is 6.18 Å². The lowest BCUT2D eigenvalue weighted by Gasteiger charge is -2.09. The summed E-state index contributed by atoms with van der Waals surface area (Å²) in [5, 5.41) is 4.65. The molecule has 0 radical (unpaired) electrons. The van der Waals surface area contributed by atoms with E-state index in [4.69, 9.17) is 0 Å². The largest absolute Gasteiger partial charge is 0.405 e. The van der Waals surface area contributed by atoms with Crippen molar-refractivity contribution in [3.8, 4) is 0 Å². The molecule has 0 unspecified atom stereocenters. The van der Waals surface area contributed by atoms with Crippen LogP contribution >= 0.6 is 0 Å². The number of anilines is 2. The molecule has 2 N–H and O–H groups in total. The van der Waals surface area contributed by atoms with Gasteiger partial charge in [0.05, 0.1) is 0 Å². The molecule has 0 saturated carbocycles. The topological polar surface area (TPSA) is 66.9 Å². The number of carbonyl (C=O) groups excluding carboxylic acids is 1. The van der Waals surface area contributed by atoms with Crippen molar-refractivity contribution < 1.29 is 18.0 Å². The van der Waals surface area contributed by atoms with E-state index in [1.165, 1.54) is 24.5 Å². The molecule has 0 aliphatic rings. The van der Waals surface area contributed by atoms with Crippen molar-refractivity contribution >= 4 is 17.5 Å². The molecule has 2 rings (SSSR count). The van der Waals surface area contributed by atoms with Crippen LogP contribution in [0.5, 0.6) is 0 Å². The Kier molecular flexibility index (Phi) is 4.36. The van der Waals surface area contributed by atoms with Gasteiger partial charge in [-0.05, 0) is 24.3 Å². The Morgan fingerprint density at radius 2 is 1.86 bits per heavy atom. The van der Waals surface area contributed by atoms with Gasteiger partial charge in [0.2, 0.25) is 5.95 Å². The number of hydrogen-bond acceptors (Lipinski definition) is 4. The smallest absolute Gasteiger partial charge is 0.343 e. The number of aromatic nitrogens is 2. The Morgan fingerprint density at radius 3 is 2.52 bits per heavy atom. The summed E-state index contributed by atoms with van der Waals surface area (Å²) in [5.41, 5.74) is 0.612. The highest BCUT2D eigenvalue weighted by atomic mass is 19.4. The lowest BCUT2D eigenvalue weighted by Crippen LogP contribution is -2.33. The molecule has 110 valence electrons. The minimum atomic E-state index is -4.44. The highest BCUT2D eigenvalue weighted by Gasteiger charge is 2.27. The Balaban J connectivity index is 2.05. The first-order valence-electron chi connectivity index (χ1n) is 5.93. The van der Waals surface area contributed by atoms with Gasteiger partial charge in [0, 0.05) is 23.6 Å². The van der Waals surface area contributed by atoms with Crippen LogP contribution in [0.2, 0.25) is 0 Å². The van der Waals surface area contributed by atoms with Gasteiger partial charge in [-0.15, -0.1) is 0 Å². The van der Waals surface area contributed by atoms with Crippen molar-refractivity contribution in [1.82, 2.24) is 15.3 Å². The van der Waals surface area contributed by atoms with Crippen LogP contribution < -0.4 is 10.6 Å². The zero-order chi connectivity index (χ0) is 15.3. The van der Waals surface area contributed by atoms with Gasteiger partial charge >= 0.3 is 6.18 Å². The first kappa shape index (κ1) is 14.8. The molecule has 0 saturated heterocycles. The van der Waals surface area contributed by atoms with E-state index in [-0.39, 0.29) is 5.56 Å². The molecule has 1 amide bonds. The quantitative estimate of drug-likeness (QED) is 0.909. The van der Waals surface area contributed by atoms with Gasteiger partial charge in [0.1, 0.15) is 6.54 Å². The van der Waals surface area contributed by atoms with Crippen molar-refractivity contribution in [3.05, 3.63) is 48.3 Å². The minimum absolute atomic E-state index is 0.111. The van der Waals surface area contributed by atoms with Crippen molar-refractivity contribution in [2.75, 3.05) is 11.9 Å². The number of nitrogens with zero attached hydrogens (tertiary/aromatic N) is 2. The molecule has 0 aliphatic carbocycles. The first-order chi connectivity index (χ1) is 9.94. The van der Waals surface area contributed by atoms with Gasteiger partial charge in [-0.1, -0.05) is 6.07 Å². The summed E-state index contributed by atoms with van der Waals surface area (Å²) >= 11 is 0. The predicted octanol–water partition coefficient (Wildman–Crippen LogP) is 2.51. The fraction of sp³-hybridized carbons (Fsp3) is 0.154. The van der Waals surface area contributed by atoms with Crippen LogP contribution in [0.3, 0.4) is 0 Å². The second kappa shape index (κ2) is 6.21. The van der Waals surface area contributed by atoms with Crippen LogP contribution in [-0.2, 0) is 0 Å². The molecule has 21 heavy (non-hydrogen) atoms. The standard InChI is InChI=1S/C13H11F3N4O/c14-13(15,16)8-19-11(21)9-3-1-4-10(7-9)20-12-17-5-2-6-18-12/h1-7H,8H2,(H,19,21)(H,17,18,20). The fourth-order valence-electron chi connectivity index (χ4n) is 1.51. The SMILES string of the molecule is O=C(NCC(F)(F)F)c1cccc(Nc2ncccn2)c1. The average Bonchev–Trinajstić information content (AvgIpc) is 2.45. The Hall–Kier alpha value is -2.64. The second-order valence-corrected chi connectivity index (χ2v) is 4.08. The van der Waals surface area contributed by atoms with E-state index in [0.29, 0.717) is 11.6 Å². The summed E-state index contributed by atoms with van der Waals surface area (Å²) in [4.78, 5) is 19.5. The van der Waals surface area contributed by atoms with Crippen LogP contribution in [0.1, 0.15) is 10.4 Å². The summed E-state index contributed by atoms with van der Waals surface area (Å²) in [6, 6.07) is 7.68. The molecule has 2 aromatic rings. The van der Waals surface area contributed by atoms with Gasteiger partial charge in [0.25, 0.3) is 5.91 Å². The van der Waals surface area contributed by atoms with E-state index in [9.17, 15) is 18.0 Å². The van der Waals surface area contributed by atoms with Crippen LogP contribution in [0.15, 0.2) is 42.7 Å².